The monoisotopic (exact) mass is 346 g/mol. The molecule has 0 aliphatic heterocycles. The molecule has 0 bridgehead atoms. The van der Waals surface area contributed by atoms with Gasteiger partial charge in [0.1, 0.15) is 0 Å². The third kappa shape index (κ3) is 4.77. The zero-order chi connectivity index (χ0) is 18.4. The number of nitrogens with zero attached hydrogens (tertiary/aromatic N) is 1. The van der Waals surface area contributed by atoms with E-state index in [9.17, 15) is 4.79 Å². The Balaban J connectivity index is 1.59. The van der Waals surface area contributed by atoms with Gasteiger partial charge in [-0.1, -0.05) is 18.2 Å². The highest BCUT2D eigenvalue weighted by atomic mass is 16.2. The van der Waals surface area contributed by atoms with Crippen molar-refractivity contribution < 1.29 is 4.79 Å². The summed E-state index contributed by atoms with van der Waals surface area (Å²) in [5.74, 6) is 0. The van der Waals surface area contributed by atoms with Crippen LogP contribution in [0.3, 0.4) is 0 Å². The lowest BCUT2D eigenvalue weighted by Gasteiger charge is -2.13. The average molecular weight is 346 g/mol. The van der Waals surface area contributed by atoms with Crippen LogP contribution < -0.4 is 16.0 Å². The molecule has 0 saturated carbocycles. The lowest BCUT2D eigenvalue weighted by atomic mass is 10.2. The minimum absolute atomic E-state index is 0.146. The Labute approximate surface area is 153 Å². The molecular formula is C21H22N4O. The predicted molar refractivity (Wildman–Crippen MR) is 109 cm³/mol. The summed E-state index contributed by atoms with van der Waals surface area (Å²) >= 11 is 0. The van der Waals surface area contributed by atoms with Gasteiger partial charge in [-0.05, 0) is 60.7 Å². The largest absolute Gasteiger partial charge is 0.356 e. The van der Waals surface area contributed by atoms with Gasteiger partial charge in [-0.3, -0.25) is 0 Å². The van der Waals surface area contributed by atoms with Crippen LogP contribution in [0.1, 0.15) is 0 Å². The summed E-state index contributed by atoms with van der Waals surface area (Å²) in [6.07, 6.45) is 0. The fourth-order valence-corrected chi connectivity index (χ4v) is 2.36. The van der Waals surface area contributed by atoms with Crippen molar-refractivity contribution in [3.05, 3.63) is 78.9 Å². The van der Waals surface area contributed by atoms with E-state index >= 15 is 0 Å². The van der Waals surface area contributed by atoms with Crippen LogP contribution >= 0.6 is 0 Å². The molecule has 3 aromatic carbocycles. The Morgan fingerprint density at radius 1 is 0.615 bits per heavy atom. The van der Waals surface area contributed by atoms with Gasteiger partial charge in [-0.25, -0.2) is 4.79 Å². The van der Waals surface area contributed by atoms with Crippen molar-refractivity contribution in [1.29, 1.82) is 0 Å². The Morgan fingerprint density at radius 3 is 1.42 bits per heavy atom. The first-order valence-electron chi connectivity index (χ1n) is 8.38. The molecule has 0 spiro atoms. The van der Waals surface area contributed by atoms with E-state index in [2.05, 4.69) is 16.0 Å². The van der Waals surface area contributed by atoms with Gasteiger partial charge in [0.15, 0.2) is 0 Å². The molecule has 0 aromatic heterocycles. The standard InChI is InChI=1S/C21H22N4O/c1-25(2)21(26)24-20-14-12-19(13-15-20)23-18-10-8-17(9-11-18)22-16-6-4-3-5-7-16/h3-15,22-23H,1-2H3,(H,24,26). The van der Waals surface area contributed by atoms with E-state index < -0.39 is 0 Å². The van der Waals surface area contributed by atoms with Crippen LogP contribution in [0.5, 0.6) is 0 Å². The van der Waals surface area contributed by atoms with E-state index in [0.29, 0.717) is 0 Å². The number of urea groups is 1. The van der Waals surface area contributed by atoms with Crippen LogP contribution in [0.25, 0.3) is 0 Å². The van der Waals surface area contributed by atoms with E-state index in [0.717, 1.165) is 28.4 Å². The molecule has 0 fully saturated rings. The Hall–Kier alpha value is -3.47. The van der Waals surface area contributed by atoms with Crippen molar-refractivity contribution in [3.8, 4) is 0 Å². The van der Waals surface area contributed by atoms with E-state index in [1.807, 2.05) is 78.9 Å². The molecule has 132 valence electrons. The van der Waals surface area contributed by atoms with Crippen molar-refractivity contribution in [2.24, 2.45) is 0 Å². The van der Waals surface area contributed by atoms with Crippen molar-refractivity contribution in [3.63, 3.8) is 0 Å². The molecule has 3 aromatic rings. The molecule has 0 atom stereocenters. The molecule has 2 amide bonds. The average Bonchev–Trinajstić information content (AvgIpc) is 2.66. The highest BCUT2D eigenvalue weighted by molar-refractivity contribution is 5.89. The van der Waals surface area contributed by atoms with Crippen LogP contribution in [0.4, 0.5) is 33.2 Å². The molecule has 0 heterocycles. The predicted octanol–water partition coefficient (Wildman–Crippen LogP) is 5.27. The van der Waals surface area contributed by atoms with Crippen molar-refractivity contribution in [1.82, 2.24) is 4.90 Å². The van der Waals surface area contributed by atoms with E-state index in [4.69, 9.17) is 0 Å². The number of hydrogen-bond donors (Lipinski definition) is 3. The summed E-state index contributed by atoms with van der Waals surface area (Å²) in [7, 11) is 3.42. The Bertz CT molecular complexity index is 843. The summed E-state index contributed by atoms with van der Waals surface area (Å²) in [6, 6.07) is 25.6. The second-order valence-electron chi connectivity index (χ2n) is 6.10. The highest BCUT2D eigenvalue weighted by Gasteiger charge is 2.03. The smallest absolute Gasteiger partial charge is 0.321 e. The quantitative estimate of drug-likeness (QED) is 0.590. The highest BCUT2D eigenvalue weighted by Crippen LogP contribution is 2.22. The first-order valence-corrected chi connectivity index (χ1v) is 8.38. The summed E-state index contributed by atoms with van der Waals surface area (Å²) in [5.41, 5.74) is 4.80. The van der Waals surface area contributed by atoms with Crippen LogP contribution in [0.2, 0.25) is 0 Å². The molecular weight excluding hydrogens is 324 g/mol. The third-order valence-corrected chi connectivity index (χ3v) is 3.78. The van der Waals surface area contributed by atoms with Gasteiger partial charge in [0.05, 0.1) is 0 Å². The number of hydrogen-bond acceptors (Lipinski definition) is 3. The molecule has 0 unspecified atom stereocenters. The van der Waals surface area contributed by atoms with Gasteiger partial charge in [0.2, 0.25) is 0 Å². The lowest BCUT2D eigenvalue weighted by Crippen LogP contribution is -2.27. The van der Waals surface area contributed by atoms with E-state index in [1.165, 1.54) is 4.90 Å². The summed E-state index contributed by atoms with van der Waals surface area (Å²) < 4.78 is 0. The number of benzene rings is 3. The molecule has 0 aliphatic carbocycles. The van der Waals surface area contributed by atoms with Gasteiger partial charge >= 0.3 is 6.03 Å². The molecule has 3 N–H and O–H groups in total. The first kappa shape index (κ1) is 17.4. The maximum Gasteiger partial charge on any atom is 0.321 e. The topological polar surface area (TPSA) is 56.4 Å². The SMILES string of the molecule is CN(C)C(=O)Nc1ccc(Nc2ccc(Nc3ccccc3)cc2)cc1. The van der Waals surface area contributed by atoms with Gasteiger partial charge in [-0.15, -0.1) is 0 Å². The van der Waals surface area contributed by atoms with Crippen LogP contribution in [0.15, 0.2) is 78.9 Å². The molecule has 0 saturated heterocycles. The normalized spacial score (nSPS) is 10.1. The third-order valence-electron chi connectivity index (χ3n) is 3.78. The number of amides is 2. The van der Waals surface area contributed by atoms with Crippen molar-refractivity contribution in [2.45, 2.75) is 0 Å². The molecule has 0 aliphatic rings. The number of rotatable bonds is 5. The zero-order valence-corrected chi connectivity index (χ0v) is 14.9. The molecule has 3 rings (SSSR count). The number of carbonyl (C=O) groups excluding carboxylic acids is 1. The number of para-hydroxylation sites is 1. The number of carbonyl (C=O) groups is 1. The number of nitrogens with one attached hydrogen (secondary N) is 3. The Morgan fingerprint density at radius 2 is 1.00 bits per heavy atom. The van der Waals surface area contributed by atoms with Gasteiger partial charge in [0.25, 0.3) is 0 Å². The summed E-state index contributed by atoms with van der Waals surface area (Å²) in [4.78, 5) is 13.1. The maximum atomic E-state index is 11.6. The minimum Gasteiger partial charge on any atom is -0.356 e. The fraction of sp³-hybridized carbons (Fsp3) is 0.0952. The first-order chi connectivity index (χ1) is 12.6. The lowest BCUT2D eigenvalue weighted by molar-refractivity contribution is 0.230. The van der Waals surface area contributed by atoms with Gasteiger partial charge < -0.3 is 20.9 Å². The molecule has 5 nitrogen and oxygen atoms in total. The van der Waals surface area contributed by atoms with Crippen LogP contribution in [-0.2, 0) is 0 Å². The van der Waals surface area contributed by atoms with E-state index in [1.54, 1.807) is 14.1 Å². The van der Waals surface area contributed by atoms with Crippen LogP contribution in [-0.4, -0.2) is 25.0 Å². The molecule has 0 radical (unpaired) electrons. The van der Waals surface area contributed by atoms with Gasteiger partial charge in [0, 0.05) is 42.5 Å². The summed E-state index contributed by atoms with van der Waals surface area (Å²) in [6.45, 7) is 0. The van der Waals surface area contributed by atoms with Crippen molar-refractivity contribution in [2.75, 3.05) is 30.0 Å². The number of anilines is 5. The van der Waals surface area contributed by atoms with E-state index in [-0.39, 0.29) is 6.03 Å². The second-order valence-corrected chi connectivity index (χ2v) is 6.10. The van der Waals surface area contributed by atoms with Crippen molar-refractivity contribution >= 4 is 34.5 Å². The Kier molecular flexibility index (Phi) is 5.39. The second kappa shape index (κ2) is 8.07. The van der Waals surface area contributed by atoms with Crippen LogP contribution in [0, 0.1) is 0 Å². The fourth-order valence-electron chi connectivity index (χ4n) is 2.36. The minimum atomic E-state index is -0.146. The molecule has 26 heavy (non-hydrogen) atoms. The van der Waals surface area contributed by atoms with Gasteiger partial charge in [-0.2, -0.15) is 0 Å². The zero-order valence-electron chi connectivity index (χ0n) is 14.9. The maximum absolute atomic E-state index is 11.6. The summed E-state index contributed by atoms with van der Waals surface area (Å²) in [5, 5.41) is 9.52. The molecule has 5 heteroatoms.